The quantitative estimate of drug-likeness (QED) is 0.571. The fourth-order valence-corrected chi connectivity index (χ4v) is 2.57. The van der Waals surface area contributed by atoms with E-state index in [0.29, 0.717) is 11.3 Å². The normalized spacial score (nSPS) is 19.7. The first-order chi connectivity index (χ1) is 10.8. The molecule has 6 nitrogen and oxygen atoms in total. The molecule has 0 radical (unpaired) electrons. The van der Waals surface area contributed by atoms with E-state index >= 15 is 0 Å². The molecule has 0 saturated carbocycles. The Morgan fingerprint density at radius 3 is 2.12 bits per heavy atom. The van der Waals surface area contributed by atoms with Crippen LogP contribution in [0.5, 0.6) is 0 Å². The monoisotopic (exact) mass is 357 g/mol. The second-order valence-corrected chi connectivity index (χ2v) is 8.78. The highest BCUT2D eigenvalue weighted by Gasteiger charge is 2.46. The zero-order valence-corrected chi connectivity index (χ0v) is 16.3. The number of likely N-dealkylation sites (tertiary alicyclic amines) is 1. The first-order valence-corrected chi connectivity index (χ1v) is 8.92. The summed E-state index contributed by atoms with van der Waals surface area (Å²) in [6.07, 6.45) is 0.829. The van der Waals surface area contributed by atoms with Crippen molar-refractivity contribution in [3.05, 3.63) is 11.6 Å². The lowest BCUT2D eigenvalue weighted by Crippen LogP contribution is -2.59. The van der Waals surface area contributed by atoms with Gasteiger partial charge in [0.15, 0.2) is 6.04 Å². The molecule has 1 fully saturated rings. The molecule has 0 aromatic rings. The summed E-state index contributed by atoms with van der Waals surface area (Å²) in [4.78, 5) is 37.8. The van der Waals surface area contributed by atoms with Crippen molar-refractivity contribution in [3.63, 3.8) is 0 Å². The van der Waals surface area contributed by atoms with Crippen molar-refractivity contribution in [2.24, 2.45) is 0 Å². The van der Waals surface area contributed by atoms with Gasteiger partial charge in [0.05, 0.1) is 0 Å². The van der Waals surface area contributed by atoms with Gasteiger partial charge in [0.1, 0.15) is 11.2 Å². The molecule has 1 unspecified atom stereocenters. The number of carbonyl (C=O) groups excluding carboxylic acids is 3. The van der Waals surface area contributed by atoms with Crippen molar-refractivity contribution in [2.45, 2.75) is 65.7 Å². The number of hydrogen-bond acceptors (Lipinski definition) is 6. The highest BCUT2D eigenvalue weighted by molar-refractivity contribution is 8.14. The van der Waals surface area contributed by atoms with Crippen molar-refractivity contribution in [2.75, 3.05) is 12.3 Å². The molecule has 0 bridgehead atoms. The lowest BCUT2D eigenvalue weighted by Gasteiger charge is -2.42. The summed E-state index contributed by atoms with van der Waals surface area (Å²) in [5, 5.41) is -0.134. The van der Waals surface area contributed by atoms with E-state index in [1.54, 1.807) is 41.5 Å². The van der Waals surface area contributed by atoms with Gasteiger partial charge in [-0.15, -0.1) is 0 Å². The molecule has 136 valence electrons. The molecule has 1 aliphatic heterocycles. The minimum absolute atomic E-state index is 0.134. The Morgan fingerprint density at radius 1 is 1.12 bits per heavy atom. The summed E-state index contributed by atoms with van der Waals surface area (Å²) in [5.41, 5.74) is -0.774. The average Bonchev–Trinajstić information content (AvgIpc) is 2.29. The number of thioether (sulfide) groups is 1. The maximum Gasteiger partial charge on any atom is 0.411 e. The molecule has 1 amide bonds. The standard InChI is InChI=1S/C17H27NO5S/c1-8-24-12(19)9-11-10-18(15(21)23-17(5,6)7)13(11)14(20)22-16(2,3)4/h9,13H,8,10H2,1-7H3/b11-9-. The minimum atomic E-state index is -0.902. The summed E-state index contributed by atoms with van der Waals surface area (Å²) < 4.78 is 10.7. The first-order valence-electron chi connectivity index (χ1n) is 7.94. The number of nitrogens with zero attached hydrogens (tertiary/aromatic N) is 1. The molecule has 1 heterocycles. The van der Waals surface area contributed by atoms with Gasteiger partial charge in [0.25, 0.3) is 0 Å². The number of amides is 1. The van der Waals surface area contributed by atoms with Crippen molar-refractivity contribution >= 4 is 28.9 Å². The third-order valence-corrected chi connectivity index (χ3v) is 3.55. The predicted octanol–water partition coefficient (Wildman–Crippen LogP) is 3.15. The Hall–Kier alpha value is -1.50. The fourth-order valence-electron chi connectivity index (χ4n) is 2.05. The van der Waals surface area contributed by atoms with Crippen LogP contribution in [0.1, 0.15) is 48.5 Å². The largest absolute Gasteiger partial charge is 0.458 e. The highest BCUT2D eigenvalue weighted by atomic mass is 32.2. The maximum atomic E-state index is 12.4. The summed E-state index contributed by atoms with van der Waals surface area (Å²) >= 11 is 1.15. The Labute approximate surface area is 147 Å². The zero-order valence-electron chi connectivity index (χ0n) is 15.5. The van der Waals surface area contributed by atoms with E-state index in [0.717, 1.165) is 11.8 Å². The van der Waals surface area contributed by atoms with Gasteiger partial charge in [-0.2, -0.15) is 0 Å². The lowest BCUT2D eigenvalue weighted by molar-refractivity contribution is -0.162. The molecular formula is C17H27NO5S. The second kappa shape index (κ2) is 7.59. The highest BCUT2D eigenvalue weighted by Crippen LogP contribution is 2.29. The summed E-state index contributed by atoms with van der Waals surface area (Å²) in [6, 6.07) is -0.902. The van der Waals surface area contributed by atoms with Gasteiger partial charge in [-0.1, -0.05) is 18.7 Å². The van der Waals surface area contributed by atoms with E-state index < -0.39 is 29.3 Å². The van der Waals surface area contributed by atoms with Crippen LogP contribution in [0.3, 0.4) is 0 Å². The molecule has 0 spiro atoms. The zero-order chi connectivity index (χ0) is 18.7. The molecule has 0 aromatic heterocycles. The van der Waals surface area contributed by atoms with Crippen LogP contribution in [0, 0.1) is 0 Å². The number of carbonyl (C=O) groups is 3. The number of hydrogen-bond donors (Lipinski definition) is 0. The predicted molar refractivity (Wildman–Crippen MR) is 93.8 cm³/mol. The van der Waals surface area contributed by atoms with E-state index in [1.807, 2.05) is 6.92 Å². The van der Waals surface area contributed by atoms with Gasteiger partial charge in [0, 0.05) is 6.54 Å². The molecule has 24 heavy (non-hydrogen) atoms. The van der Waals surface area contributed by atoms with Crippen LogP contribution in [0.25, 0.3) is 0 Å². The van der Waals surface area contributed by atoms with Gasteiger partial charge in [-0.05, 0) is 58.9 Å². The lowest BCUT2D eigenvalue weighted by atomic mass is 9.95. The molecule has 1 atom stereocenters. The maximum absolute atomic E-state index is 12.4. The molecule has 7 heteroatoms. The third-order valence-electron chi connectivity index (χ3n) is 2.86. The van der Waals surface area contributed by atoms with Gasteiger partial charge in [-0.25, -0.2) is 9.59 Å². The number of ether oxygens (including phenoxy) is 2. The molecule has 1 rings (SSSR count). The van der Waals surface area contributed by atoms with Crippen LogP contribution in [-0.2, 0) is 19.1 Å². The van der Waals surface area contributed by atoms with Gasteiger partial charge < -0.3 is 9.47 Å². The Balaban J connectivity index is 2.96. The van der Waals surface area contributed by atoms with Crippen LogP contribution in [0.15, 0.2) is 11.6 Å². The van der Waals surface area contributed by atoms with Crippen molar-refractivity contribution < 1.29 is 23.9 Å². The molecule has 0 N–H and O–H groups in total. The van der Waals surface area contributed by atoms with Crippen LogP contribution >= 0.6 is 11.8 Å². The molecule has 0 aliphatic carbocycles. The Kier molecular flexibility index (Phi) is 6.50. The van der Waals surface area contributed by atoms with Crippen LogP contribution in [0.2, 0.25) is 0 Å². The van der Waals surface area contributed by atoms with Crippen molar-refractivity contribution in [1.82, 2.24) is 4.90 Å². The number of esters is 1. The number of rotatable bonds is 3. The Morgan fingerprint density at radius 2 is 1.67 bits per heavy atom. The van der Waals surface area contributed by atoms with E-state index in [2.05, 4.69) is 0 Å². The molecular weight excluding hydrogens is 330 g/mol. The summed E-state index contributed by atoms with van der Waals surface area (Å²) in [7, 11) is 0. The minimum Gasteiger partial charge on any atom is -0.458 e. The third kappa shape index (κ3) is 6.19. The summed E-state index contributed by atoms with van der Waals surface area (Å²) in [6.45, 7) is 12.6. The Bertz CT molecular complexity index is 542. The van der Waals surface area contributed by atoms with Gasteiger partial charge in [-0.3, -0.25) is 9.69 Å². The average molecular weight is 357 g/mol. The molecule has 1 saturated heterocycles. The topological polar surface area (TPSA) is 72.9 Å². The summed E-state index contributed by atoms with van der Waals surface area (Å²) in [5.74, 6) is 0.0929. The van der Waals surface area contributed by atoms with Crippen molar-refractivity contribution in [1.29, 1.82) is 0 Å². The van der Waals surface area contributed by atoms with E-state index in [4.69, 9.17) is 9.47 Å². The van der Waals surface area contributed by atoms with Gasteiger partial charge >= 0.3 is 12.1 Å². The second-order valence-electron chi connectivity index (χ2n) is 7.52. The smallest absolute Gasteiger partial charge is 0.411 e. The van der Waals surface area contributed by atoms with Crippen LogP contribution < -0.4 is 0 Å². The molecule has 0 aromatic carbocycles. The van der Waals surface area contributed by atoms with Crippen molar-refractivity contribution in [3.8, 4) is 0 Å². The molecule has 1 aliphatic rings. The van der Waals surface area contributed by atoms with Gasteiger partial charge in [0.2, 0.25) is 5.12 Å². The fraction of sp³-hybridized carbons (Fsp3) is 0.706. The SMILES string of the molecule is CCSC(=O)/C=C1/CN(C(=O)OC(C)(C)C)C1C(=O)OC(C)(C)C. The van der Waals surface area contributed by atoms with Crippen LogP contribution in [0.4, 0.5) is 4.79 Å². The van der Waals surface area contributed by atoms with E-state index in [-0.39, 0.29) is 11.7 Å². The van der Waals surface area contributed by atoms with E-state index in [1.165, 1.54) is 11.0 Å². The first kappa shape index (κ1) is 20.5. The van der Waals surface area contributed by atoms with E-state index in [9.17, 15) is 14.4 Å². The van der Waals surface area contributed by atoms with Crippen LogP contribution in [-0.4, -0.2) is 51.6 Å².